The van der Waals surface area contributed by atoms with E-state index in [-0.39, 0.29) is 11.9 Å². The van der Waals surface area contributed by atoms with Crippen LogP contribution in [0.2, 0.25) is 0 Å². The molecule has 1 amide bonds. The van der Waals surface area contributed by atoms with Crippen molar-refractivity contribution in [3.63, 3.8) is 0 Å². The maximum Gasteiger partial charge on any atom is 0.416 e. The minimum atomic E-state index is -4.31. The Labute approximate surface area is 128 Å². The topological polar surface area (TPSA) is 32.3 Å². The summed E-state index contributed by atoms with van der Waals surface area (Å²) in [5.41, 5.74) is -0.00612. The quantitative estimate of drug-likeness (QED) is 0.817. The highest BCUT2D eigenvalue weighted by Crippen LogP contribution is 2.30. The molecule has 0 spiro atoms. The lowest BCUT2D eigenvalue weighted by Crippen LogP contribution is -2.29. The number of hydrogen-bond donors (Lipinski definition) is 1. The molecule has 1 aromatic rings. The Morgan fingerprint density at radius 1 is 1.36 bits per heavy atom. The average molecular weight is 314 g/mol. The molecule has 6 heteroatoms. The molecular formula is C16H21F3N2O. The van der Waals surface area contributed by atoms with Crippen molar-refractivity contribution in [2.24, 2.45) is 0 Å². The van der Waals surface area contributed by atoms with Gasteiger partial charge in [-0.05, 0) is 44.0 Å². The number of amides is 1. The molecule has 122 valence electrons. The number of nitrogens with one attached hydrogen (secondary N) is 1. The highest BCUT2D eigenvalue weighted by Gasteiger charge is 2.30. The Morgan fingerprint density at radius 3 is 2.77 bits per heavy atom. The van der Waals surface area contributed by atoms with Crippen LogP contribution in [0, 0.1) is 0 Å². The van der Waals surface area contributed by atoms with Crippen molar-refractivity contribution in [1.82, 2.24) is 10.2 Å². The van der Waals surface area contributed by atoms with Gasteiger partial charge in [0.15, 0.2) is 0 Å². The van der Waals surface area contributed by atoms with Gasteiger partial charge < -0.3 is 10.2 Å². The lowest BCUT2D eigenvalue weighted by molar-refractivity contribution is -0.137. The Kier molecular flexibility index (Phi) is 5.45. The van der Waals surface area contributed by atoms with Gasteiger partial charge in [-0.1, -0.05) is 12.1 Å². The smallest absolute Gasteiger partial charge is 0.343 e. The molecule has 1 aromatic carbocycles. The summed E-state index contributed by atoms with van der Waals surface area (Å²) in [6.45, 7) is 4.04. The summed E-state index contributed by atoms with van der Waals surface area (Å²) in [7, 11) is 0. The van der Waals surface area contributed by atoms with Crippen molar-refractivity contribution in [1.29, 1.82) is 0 Å². The molecule has 0 saturated carbocycles. The zero-order chi connectivity index (χ0) is 16.2. The number of carbonyl (C=O) groups excluding carboxylic acids is 1. The second kappa shape index (κ2) is 7.13. The van der Waals surface area contributed by atoms with E-state index in [0.29, 0.717) is 25.1 Å². The lowest BCUT2D eigenvalue weighted by Gasteiger charge is -2.18. The van der Waals surface area contributed by atoms with Gasteiger partial charge in [-0.25, -0.2) is 0 Å². The highest BCUT2D eigenvalue weighted by molar-refractivity contribution is 5.77. The van der Waals surface area contributed by atoms with Crippen molar-refractivity contribution >= 4 is 5.91 Å². The van der Waals surface area contributed by atoms with Gasteiger partial charge in [-0.3, -0.25) is 4.79 Å². The zero-order valence-electron chi connectivity index (χ0n) is 12.6. The first-order valence-electron chi connectivity index (χ1n) is 7.56. The molecule has 1 aliphatic heterocycles. The van der Waals surface area contributed by atoms with Crippen LogP contribution >= 0.6 is 0 Å². The van der Waals surface area contributed by atoms with Gasteiger partial charge in [0.1, 0.15) is 0 Å². The molecule has 0 aromatic heterocycles. The normalized spacial score (nSPS) is 17.1. The summed E-state index contributed by atoms with van der Waals surface area (Å²) < 4.78 is 38.1. The van der Waals surface area contributed by atoms with Gasteiger partial charge in [0, 0.05) is 25.6 Å². The van der Waals surface area contributed by atoms with E-state index < -0.39 is 11.7 Å². The zero-order valence-corrected chi connectivity index (χ0v) is 12.6. The number of carbonyl (C=O) groups is 1. The lowest BCUT2D eigenvalue weighted by atomic mass is 10.0. The molecule has 1 saturated heterocycles. The van der Waals surface area contributed by atoms with Gasteiger partial charge in [0.05, 0.1) is 5.56 Å². The van der Waals surface area contributed by atoms with Crippen LogP contribution < -0.4 is 5.32 Å². The number of likely N-dealkylation sites (tertiary alicyclic amines) is 1. The summed E-state index contributed by atoms with van der Waals surface area (Å²) in [5, 5.41) is 3.21. The van der Waals surface area contributed by atoms with Gasteiger partial charge in [-0.2, -0.15) is 13.2 Å². The van der Waals surface area contributed by atoms with E-state index in [1.54, 1.807) is 6.07 Å². The second-order valence-corrected chi connectivity index (χ2v) is 5.64. The molecule has 1 heterocycles. The summed E-state index contributed by atoms with van der Waals surface area (Å²) in [6, 6.07) is 5.23. The van der Waals surface area contributed by atoms with Gasteiger partial charge >= 0.3 is 6.18 Å². The number of rotatable bonds is 6. The summed E-state index contributed by atoms with van der Waals surface area (Å²) in [4.78, 5) is 13.3. The molecule has 1 N–H and O–H groups in total. The van der Waals surface area contributed by atoms with Crippen LogP contribution in [0.4, 0.5) is 13.2 Å². The number of benzene rings is 1. The standard InChI is InChI=1S/C16H21F3N2O/c1-12(13-5-2-6-14(11-13)16(17,18)19)20-8-4-10-21-9-3-7-15(21)22/h2,5-6,11-12,20H,3-4,7-10H2,1H3/t12-/m0/s1. The molecule has 1 fully saturated rings. The molecule has 3 nitrogen and oxygen atoms in total. The van der Waals surface area contributed by atoms with Crippen LogP contribution in [0.3, 0.4) is 0 Å². The number of nitrogens with zero attached hydrogens (tertiary/aromatic N) is 1. The molecule has 0 unspecified atom stereocenters. The van der Waals surface area contributed by atoms with Crippen LogP contribution in [0.1, 0.15) is 43.4 Å². The second-order valence-electron chi connectivity index (χ2n) is 5.64. The van der Waals surface area contributed by atoms with Crippen molar-refractivity contribution in [2.75, 3.05) is 19.6 Å². The Balaban J connectivity index is 1.79. The van der Waals surface area contributed by atoms with E-state index in [2.05, 4.69) is 5.32 Å². The molecule has 22 heavy (non-hydrogen) atoms. The third kappa shape index (κ3) is 4.47. The molecule has 0 aliphatic carbocycles. The van der Waals surface area contributed by atoms with Crippen LogP contribution in [0.25, 0.3) is 0 Å². The van der Waals surface area contributed by atoms with Crippen LogP contribution in [-0.2, 0) is 11.0 Å². The summed E-state index contributed by atoms with van der Waals surface area (Å²) in [5.74, 6) is 0.200. The highest BCUT2D eigenvalue weighted by atomic mass is 19.4. The number of halogens is 3. The van der Waals surface area contributed by atoms with Crippen molar-refractivity contribution in [2.45, 2.75) is 38.4 Å². The fraction of sp³-hybridized carbons (Fsp3) is 0.562. The Morgan fingerprint density at radius 2 is 2.14 bits per heavy atom. The SMILES string of the molecule is C[C@H](NCCCN1CCCC1=O)c1cccc(C(F)(F)F)c1. The van der Waals surface area contributed by atoms with E-state index in [0.717, 1.165) is 25.5 Å². The Hall–Kier alpha value is -1.56. The molecule has 2 rings (SSSR count). The fourth-order valence-corrected chi connectivity index (χ4v) is 2.63. The van der Waals surface area contributed by atoms with Crippen molar-refractivity contribution < 1.29 is 18.0 Å². The monoisotopic (exact) mass is 314 g/mol. The number of hydrogen-bond acceptors (Lipinski definition) is 2. The maximum atomic E-state index is 12.7. The first kappa shape index (κ1) is 16.8. The third-order valence-electron chi connectivity index (χ3n) is 3.94. The maximum absolute atomic E-state index is 12.7. The van der Waals surface area contributed by atoms with Crippen LogP contribution in [-0.4, -0.2) is 30.4 Å². The van der Waals surface area contributed by atoms with E-state index in [4.69, 9.17) is 0 Å². The van der Waals surface area contributed by atoms with Gasteiger partial charge in [0.2, 0.25) is 5.91 Å². The van der Waals surface area contributed by atoms with E-state index in [9.17, 15) is 18.0 Å². The largest absolute Gasteiger partial charge is 0.416 e. The van der Waals surface area contributed by atoms with Crippen molar-refractivity contribution in [3.05, 3.63) is 35.4 Å². The first-order valence-corrected chi connectivity index (χ1v) is 7.56. The Bertz CT molecular complexity index is 516. The van der Waals surface area contributed by atoms with Gasteiger partial charge in [-0.15, -0.1) is 0 Å². The molecule has 0 radical (unpaired) electrons. The molecule has 0 bridgehead atoms. The van der Waals surface area contributed by atoms with Crippen molar-refractivity contribution in [3.8, 4) is 0 Å². The minimum absolute atomic E-state index is 0.156. The predicted molar refractivity (Wildman–Crippen MR) is 78.3 cm³/mol. The van der Waals surface area contributed by atoms with E-state index in [1.165, 1.54) is 12.1 Å². The third-order valence-corrected chi connectivity index (χ3v) is 3.94. The van der Waals surface area contributed by atoms with Crippen LogP contribution in [0.5, 0.6) is 0 Å². The molecule has 1 atom stereocenters. The minimum Gasteiger partial charge on any atom is -0.343 e. The predicted octanol–water partition coefficient (Wildman–Crippen LogP) is 3.37. The summed E-state index contributed by atoms with van der Waals surface area (Å²) in [6.07, 6.45) is -1.96. The first-order chi connectivity index (χ1) is 10.4. The summed E-state index contributed by atoms with van der Waals surface area (Å²) >= 11 is 0. The average Bonchev–Trinajstić information content (AvgIpc) is 2.88. The van der Waals surface area contributed by atoms with E-state index >= 15 is 0 Å². The van der Waals surface area contributed by atoms with Crippen LogP contribution in [0.15, 0.2) is 24.3 Å². The van der Waals surface area contributed by atoms with E-state index in [1.807, 2.05) is 11.8 Å². The van der Waals surface area contributed by atoms with Gasteiger partial charge in [0.25, 0.3) is 0 Å². The number of alkyl halides is 3. The molecular weight excluding hydrogens is 293 g/mol. The molecule has 1 aliphatic rings. The fourth-order valence-electron chi connectivity index (χ4n) is 2.63.